The zero-order chi connectivity index (χ0) is 19.6. The number of ether oxygens (including phenoxy) is 2. The standard InChI is InChI=1S/C19H28N2O5/c1-14(22)16(21-18(24)26-19(2,3)4)11-8-12-20-17(23)25-13-15-9-6-5-7-10-15/h5-7,9-10,16H,8,11-13H2,1-4H3,(H,20,23)(H,21,24). The van der Waals surface area contributed by atoms with Crippen LogP contribution in [0.4, 0.5) is 9.59 Å². The number of amides is 2. The summed E-state index contributed by atoms with van der Waals surface area (Å²) in [6.07, 6.45) is -0.241. The number of hydrogen-bond acceptors (Lipinski definition) is 5. The molecular formula is C19H28N2O5. The Morgan fingerprint density at radius 2 is 1.73 bits per heavy atom. The topological polar surface area (TPSA) is 93.7 Å². The zero-order valence-electron chi connectivity index (χ0n) is 15.8. The molecule has 26 heavy (non-hydrogen) atoms. The molecule has 0 aromatic heterocycles. The summed E-state index contributed by atoms with van der Waals surface area (Å²) in [5, 5.41) is 5.18. The third-order valence-corrected chi connectivity index (χ3v) is 3.33. The highest BCUT2D eigenvalue weighted by molar-refractivity contribution is 5.85. The van der Waals surface area contributed by atoms with Gasteiger partial charge in [0.2, 0.25) is 0 Å². The minimum Gasteiger partial charge on any atom is -0.445 e. The molecule has 0 saturated carbocycles. The lowest BCUT2D eigenvalue weighted by Crippen LogP contribution is -2.43. The van der Waals surface area contributed by atoms with E-state index in [4.69, 9.17) is 9.47 Å². The summed E-state index contributed by atoms with van der Waals surface area (Å²) in [6.45, 7) is 7.20. The van der Waals surface area contributed by atoms with Crippen LogP contribution >= 0.6 is 0 Å². The SMILES string of the molecule is CC(=O)C(CCCNC(=O)OCc1ccccc1)NC(=O)OC(C)(C)C. The Morgan fingerprint density at radius 3 is 2.31 bits per heavy atom. The fraction of sp³-hybridized carbons (Fsp3) is 0.526. The Bertz CT molecular complexity index is 596. The first-order valence-electron chi connectivity index (χ1n) is 8.62. The zero-order valence-corrected chi connectivity index (χ0v) is 15.8. The van der Waals surface area contributed by atoms with E-state index in [-0.39, 0.29) is 12.4 Å². The number of hydrogen-bond donors (Lipinski definition) is 2. The van der Waals surface area contributed by atoms with Crippen LogP contribution in [0.15, 0.2) is 30.3 Å². The lowest BCUT2D eigenvalue weighted by Gasteiger charge is -2.22. The maximum absolute atomic E-state index is 11.8. The first kappa shape index (κ1) is 21.5. The van der Waals surface area contributed by atoms with Gasteiger partial charge in [-0.2, -0.15) is 0 Å². The van der Waals surface area contributed by atoms with Crippen molar-refractivity contribution in [3.63, 3.8) is 0 Å². The maximum atomic E-state index is 11.8. The Hall–Kier alpha value is -2.57. The summed E-state index contributed by atoms with van der Waals surface area (Å²) in [6, 6.07) is 8.72. The largest absolute Gasteiger partial charge is 0.445 e. The average molecular weight is 364 g/mol. The van der Waals surface area contributed by atoms with E-state index in [2.05, 4.69) is 10.6 Å². The van der Waals surface area contributed by atoms with Crippen LogP contribution in [-0.2, 0) is 20.9 Å². The van der Waals surface area contributed by atoms with Crippen molar-refractivity contribution in [1.29, 1.82) is 0 Å². The van der Waals surface area contributed by atoms with Gasteiger partial charge in [-0.15, -0.1) is 0 Å². The molecular weight excluding hydrogens is 336 g/mol. The van der Waals surface area contributed by atoms with Crippen molar-refractivity contribution in [2.45, 2.75) is 58.8 Å². The van der Waals surface area contributed by atoms with Gasteiger partial charge in [-0.05, 0) is 46.1 Å². The van der Waals surface area contributed by atoms with Crippen molar-refractivity contribution >= 4 is 18.0 Å². The van der Waals surface area contributed by atoms with Crippen molar-refractivity contribution < 1.29 is 23.9 Å². The molecule has 1 rings (SSSR count). The predicted molar refractivity (Wildman–Crippen MR) is 97.7 cm³/mol. The van der Waals surface area contributed by atoms with Crippen LogP contribution in [0.1, 0.15) is 46.1 Å². The molecule has 0 fully saturated rings. The molecule has 0 heterocycles. The van der Waals surface area contributed by atoms with Crippen LogP contribution < -0.4 is 10.6 Å². The van der Waals surface area contributed by atoms with Crippen LogP contribution in [0.2, 0.25) is 0 Å². The van der Waals surface area contributed by atoms with Gasteiger partial charge < -0.3 is 20.1 Å². The molecule has 2 N–H and O–H groups in total. The molecule has 0 saturated heterocycles. The molecule has 1 unspecified atom stereocenters. The predicted octanol–water partition coefficient (Wildman–Crippen LogP) is 3.18. The summed E-state index contributed by atoms with van der Waals surface area (Å²) in [5.41, 5.74) is 0.274. The third kappa shape index (κ3) is 9.66. The van der Waals surface area contributed by atoms with E-state index in [9.17, 15) is 14.4 Å². The Kier molecular flexibility index (Phi) is 8.61. The summed E-state index contributed by atoms with van der Waals surface area (Å²) < 4.78 is 10.2. The summed E-state index contributed by atoms with van der Waals surface area (Å²) in [7, 11) is 0. The third-order valence-electron chi connectivity index (χ3n) is 3.33. The molecule has 0 aliphatic carbocycles. The number of nitrogens with one attached hydrogen (secondary N) is 2. The molecule has 0 aliphatic heterocycles. The Balaban J connectivity index is 2.26. The van der Waals surface area contributed by atoms with E-state index in [0.29, 0.717) is 19.4 Å². The quantitative estimate of drug-likeness (QED) is 0.691. The lowest BCUT2D eigenvalue weighted by atomic mass is 10.1. The fourth-order valence-electron chi connectivity index (χ4n) is 2.10. The molecule has 144 valence electrons. The average Bonchev–Trinajstić information content (AvgIpc) is 2.54. The van der Waals surface area contributed by atoms with Gasteiger partial charge in [-0.1, -0.05) is 30.3 Å². The van der Waals surface area contributed by atoms with Gasteiger partial charge in [0.05, 0.1) is 6.04 Å². The monoisotopic (exact) mass is 364 g/mol. The number of rotatable bonds is 8. The van der Waals surface area contributed by atoms with Gasteiger partial charge in [-0.3, -0.25) is 4.79 Å². The second-order valence-electron chi connectivity index (χ2n) is 6.94. The number of ketones is 1. The van der Waals surface area contributed by atoms with Crippen LogP contribution in [0.3, 0.4) is 0 Å². The van der Waals surface area contributed by atoms with Gasteiger partial charge in [0.25, 0.3) is 0 Å². The minimum absolute atomic E-state index is 0.164. The van der Waals surface area contributed by atoms with E-state index >= 15 is 0 Å². The highest BCUT2D eigenvalue weighted by Crippen LogP contribution is 2.08. The molecule has 7 heteroatoms. The van der Waals surface area contributed by atoms with E-state index in [1.807, 2.05) is 30.3 Å². The molecule has 0 radical (unpaired) electrons. The highest BCUT2D eigenvalue weighted by atomic mass is 16.6. The lowest BCUT2D eigenvalue weighted by molar-refractivity contribution is -0.119. The molecule has 1 aromatic carbocycles. The number of alkyl carbamates (subject to hydrolysis) is 2. The van der Waals surface area contributed by atoms with E-state index < -0.39 is 23.8 Å². The number of benzene rings is 1. The van der Waals surface area contributed by atoms with Crippen LogP contribution in [0, 0.1) is 0 Å². The van der Waals surface area contributed by atoms with Gasteiger partial charge >= 0.3 is 12.2 Å². The molecule has 0 bridgehead atoms. The smallest absolute Gasteiger partial charge is 0.408 e. The highest BCUT2D eigenvalue weighted by Gasteiger charge is 2.21. The van der Waals surface area contributed by atoms with Crippen molar-refractivity contribution in [2.75, 3.05) is 6.54 Å². The van der Waals surface area contributed by atoms with E-state index in [1.165, 1.54) is 6.92 Å². The molecule has 7 nitrogen and oxygen atoms in total. The fourth-order valence-corrected chi connectivity index (χ4v) is 2.10. The normalized spacial score (nSPS) is 12.0. The van der Waals surface area contributed by atoms with Crippen LogP contribution in [-0.4, -0.2) is 36.2 Å². The van der Waals surface area contributed by atoms with Crippen molar-refractivity contribution in [2.24, 2.45) is 0 Å². The Morgan fingerprint density at radius 1 is 1.08 bits per heavy atom. The van der Waals surface area contributed by atoms with Gasteiger partial charge in [0.15, 0.2) is 5.78 Å². The molecule has 1 aromatic rings. The second-order valence-corrected chi connectivity index (χ2v) is 6.94. The first-order chi connectivity index (χ1) is 12.2. The Labute approximate surface area is 154 Å². The van der Waals surface area contributed by atoms with Gasteiger partial charge in [0.1, 0.15) is 12.2 Å². The molecule has 1 atom stereocenters. The number of Topliss-reactive ketones (excluding diaryl/α,β-unsaturated/α-hetero) is 1. The van der Waals surface area contributed by atoms with Crippen molar-refractivity contribution in [3.8, 4) is 0 Å². The molecule has 2 amide bonds. The van der Waals surface area contributed by atoms with E-state index in [0.717, 1.165) is 5.56 Å². The summed E-state index contributed by atoms with van der Waals surface area (Å²) in [5.74, 6) is -0.164. The summed E-state index contributed by atoms with van der Waals surface area (Å²) in [4.78, 5) is 35.0. The second kappa shape index (κ2) is 10.4. The van der Waals surface area contributed by atoms with Crippen molar-refractivity contribution in [3.05, 3.63) is 35.9 Å². The van der Waals surface area contributed by atoms with Crippen LogP contribution in [0.5, 0.6) is 0 Å². The van der Waals surface area contributed by atoms with Crippen molar-refractivity contribution in [1.82, 2.24) is 10.6 Å². The van der Waals surface area contributed by atoms with Crippen LogP contribution in [0.25, 0.3) is 0 Å². The molecule has 0 spiro atoms. The first-order valence-corrected chi connectivity index (χ1v) is 8.62. The maximum Gasteiger partial charge on any atom is 0.408 e. The minimum atomic E-state index is -0.646. The van der Waals surface area contributed by atoms with Gasteiger partial charge in [0, 0.05) is 6.54 Å². The number of carbonyl (C=O) groups is 3. The molecule has 0 aliphatic rings. The summed E-state index contributed by atoms with van der Waals surface area (Å²) >= 11 is 0. The van der Waals surface area contributed by atoms with Gasteiger partial charge in [-0.25, -0.2) is 9.59 Å². The van der Waals surface area contributed by atoms with E-state index in [1.54, 1.807) is 20.8 Å². The number of carbonyl (C=O) groups excluding carboxylic acids is 3.